The Hall–Kier alpha value is -2.61. The molecule has 5 nitrogen and oxygen atoms in total. The Balaban J connectivity index is 1.66. The first-order valence-corrected chi connectivity index (χ1v) is 9.43. The van der Waals surface area contributed by atoms with Crippen molar-refractivity contribution in [1.82, 2.24) is 20.1 Å². The second kappa shape index (κ2) is 7.43. The second-order valence-electron chi connectivity index (χ2n) is 7.21. The molecule has 3 N–H and O–H groups in total. The summed E-state index contributed by atoms with van der Waals surface area (Å²) in [6.07, 6.45) is -0.881. The fourth-order valence-corrected chi connectivity index (χ4v) is 3.97. The van der Waals surface area contributed by atoms with E-state index < -0.39 is 11.7 Å². The molecule has 0 radical (unpaired) electrons. The Morgan fingerprint density at radius 3 is 2.71 bits per heavy atom. The van der Waals surface area contributed by atoms with Gasteiger partial charge in [0.1, 0.15) is 5.82 Å². The van der Waals surface area contributed by atoms with Crippen LogP contribution in [0.3, 0.4) is 0 Å². The number of nitrogens with one attached hydrogen (secondary N) is 1. The number of pyridine rings is 1. The monoisotopic (exact) mass is 389 g/mol. The summed E-state index contributed by atoms with van der Waals surface area (Å²) in [4.78, 5) is 6.67. The minimum atomic E-state index is -4.52. The topological polar surface area (TPSA) is 70.8 Å². The molecule has 0 aliphatic carbocycles. The van der Waals surface area contributed by atoms with Crippen LogP contribution in [0.5, 0.6) is 0 Å². The molecule has 1 fully saturated rings. The number of fused-ring (bicyclic) bond motifs is 1. The van der Waals surface area contributed by atoms with Crippen molar-refractivity contribution >= 4 is 16.9 Å². The minimum Gasteiger partial charge on any atom is -0.383 e. The Kier molecular flexibility index (Phi) is 4.97. The van der Waals surface area contributed by atoms with Gasteiger partial charge in [-0.05, 0) is 37.4 Å². The number of rotatable bonds is 4. The molecular weight excluding hydrogens is 367 g/mol. The van der Waals surface area contributed by atoms with Crippen LogP contribution in [0.25, 0.3) is 11.0 Å². The van der Waals surface area contributed by atoms with Crippen molar-refractivity contribution in [1.29, 1.82) is 0 Å². The summed E-state index contributed by atoms with van der Waals surface area (Å²) in [6, 6.07) is 11.1. The quantitative estimate of drug-likeness (QED) is 0.697. The van der Waals surface area contributed by atoms with E-state index in [9.17, 15) is 13.2 Å². The predicted molar refractivity (Wildman–Crippen MR) is 102 cm³/mol. The van der Waals surface area contributed by atoms with Crippen LogP contribution in [0.15, 0.2) is 36.4 Å². The average molecular weight is 389 g/mol. The molecule has 28 heavy (non-hydrogen) atoms. The fraction of sp³-hybridized carbons (Fsp3) is 0.400. The van der Waals surface area contributed by atoms with Crippen LogP contribution < -0.4 is 5.73 Å². The van der Waals surface area contributed by atoms with Crippen molar-refractivity contribution in [2.24, 2.45) is 0 Å². The number of benzene rings is 1. The lowest BCUT2D eigenvalue weighted by atomic mass is 9.96. The number of aromatic amines is 1. The van der Waals surface area contributed by atoms with Crippen molar-refractivity contribution in [3.63, 3.8) is 0 Å². The molecule has 3 aromatic rings. The number of nitrogen functional groups attached to an aromatic ring is 1. The summed E-state index contributed by atoms with van der Waals surface area (Å²) in [6.45, 7) is 1.62. The van der Waals surface area contributed by atoms with E-state index in [4.69, 9.17) is 5.73 Å². The van der Waals surface area contributed by atoms with Crippen LogP contribution in [-0.4, -0.2) is 33.2 Å². The number of H-pyrrole nitrogens is 1. The van der Waals surface area contributed by atoms with Gasteiger partial charge in [-0.3, -0.25) is 10.00 Å². The van der Waals surface area contributed by atoms with E-state index in [0.29, 0.717) is 5.69 Å². The molecule has 2 aromatic heterocycles. The summed E-state index contributed by atoms with van der Waals surface area (Å²) < 4.78 is 41.0. The van der Waals surface area contributed by atoms with Crippen LogP contribution in [0, 0.1) is 0 Å². The maximum Gasteiger partial charge on any atom is 0.417 e. The molecule has 1 atom stereocenters. The smallest absolute Gasteiger partial charge is 0.383 e. The van der Waals surface area contributed by atoms with E-state index in [1.54, 1.807) is 0 Å². The molecule has 1 aliphatic heterocycles. The van der Waals surface area contributed by atoms with Gasteiger partial charge in [0, 0.05) is 6.54 Å². The SMILES string of the molecule is Nc1[nH]nc2nc([C@H]3CCCCN3CCc3ccccc3)cc(C(F)(F)F)c12. The number of alkyl halides is 3. The molecule has 0 unspecified atom stereocenters. The first-order valence-electron chi connectivity index (χ1n) is 9.43. The van der Waals surface area contributed by atoms with Gasteiger partial charge < -0.3 is 5.73 Å². The standard InChI is InChI=1S/C20H22F3N5/c21-20(22,23)14-12-15(25-19-17(14)18(24)26-27-19)16-8-4-5-10-28(16)11-9-13-6-2-1-3-7-13/h1-3,6-7,12,16H,4-5,8-11H2,(H3,24,25,26,27)/t16-/m1/s1. The summed E-state index contributed by atoms with van der Waals surface area (Å²) in [5.74, 6) is -0.106. The molecule has 148 valence electrons. The molecule has 0 amide bonds. The third-order valence-electron chi connectivity index (χ3n) is 5.36. The second-order valence-corrected chi connectivity index (χ2v) is 7.21. The lowest BCUT2D eigenvalue weighted by Gasteiger charge is -2.35. The molecule has 0 saturated carbocycles. The molecule has 3 heterocycles. The van der Waals surface area contributed by atoms with Gasteiger partial charge in [-0.2, -0.15) is 18.3 Å². The van der Waals surface area contributed by atoms with E-state index in [0.717, 1.165) is 44.8 Å². The van der Waals surface area contributed by atoms with Crippen LogP contribution in [0.1, 0.15) is 42.1 Å². The van der Waals surface area contributed by atoms with E-state index in [2.05, 4.69) is 32.2 Å². The summed E-state index contributed by atoms with van der Waals surface area (Å²) in [5.41, 5.74) is 6.56. The minimum absolute atomic E-state index is 0.0240. The normalized spacial score (nSPS) is 18.6. The number of nitrogens with zero attached hydrogens (tertiary/aromatic N) is 3. The highest BCUT2D eigenvalue weighted by Crippen LogP contribution is 2.39. The summed E-state index contributed by atoms with van der Waals surface area (Å²) in [5, 5.41) is 6.17. The first-order chi connectivity index (χ1) is 13.4. The summed E-state index contributed by atoms with van der Waals surface area (Å²) >= 11 is 0. The van der Waals surface area contributed by atoms with Crippen molar-refractivity contribution < 1.29 is 13.2 Å². The number of anilines is 1. The van der Waals surface area contributed by atoms with E-state index in [1.165, 1.54) is 5.56 Å². The molecule has 1 saturated heterocycles. The third-order valence-corrected chi connectivity index (χ3v) is 5.36. The highest BCUT2D eigenvalue weighted by molar-refractivity contribution is 5.89. The van der Waals surface area contributed by atoms with Gasteiger partial charge in [0.15, 0.2) is 5.65 Å². The van der Waals surface area contributed by atoms with Crippen molar-refractivity contribution in [3.8, 4) is 0 Å². The maximum atomic E-state index is 13.7. The lowest BCUT2D eigenvalue weighted by Crippen LogP contribution is -2.35. The number of likely N-dealkylation sites (tertiary alicyclic amines) is 1. The van der Waals surface area contributed by atoms with Gasteiger partial charge in [-0.25, -0.2) is 4.98 Å². The Bertz CT molecular complexity index is 952. The van der Waals surface area contributed by atoms with Crippen molar-refractivity contribution in [2.45, 2.75) is 37.9 Å². The predicted octanol–water partition coefficient (Wildman–Crippen LogP) is 4.33. The lowest BCUT2D eigenvalue weighted by molar-refractivity contribution is -0.136. The van der Waals surface area contributed by atoms with E-state index in [-0.39, 0.29) is 22.9 Å². The highest BCUT2D eigenvalue weighted by Gasteiger charge is 2.37. The van der Waals surface area contributed by atoms with Gasteiger partial charge in [-0.1, -0.05) is 36.8 Å². The molecule has 0 spiro atoms. The number of hydrogen-bond acceptors (Lipinski definition) is 4. The highest BCUT2D eigenvalue weighted by atomic mass is 19.4. The van der Waals surface area contributed by atoms with Crippen molar-refractivity contribution in [2.75, 3.05) is 18.8 Å². The molecule has 1 aliphatic rings. The first kappa shape index (κ1) is 18.7. The van der Waals surface area contributed by atoms with Gasteiger partial charge >= 0.3 is 6.18 Å². The molecule has 8 heteroatoms. The van der Waals surface area contributed by atoms with Crippen LogP contribution >= 0.6 is 0 Å². The number of hydrogen-bond donors (Lipinski definition) is 2. The molecule has 1 aromatic carbocycles. The van der Waals surface area contributed by atoms with E-state index in [1.807, 2.05) is 18.2 Å². The summed E-state index contributed by atoms with van der Waals surface area (Å²) in [7, 11) is 0. The van der Waals surface area contributed by atoms with Gasteiger partial charge in [0.05, 0.1) is 22.7 Å². The third kappa shape index (κ3) is 3.69. The largest absolute Gasteiger partial charge is 0.417 e. The molecule has 0 bridgehead atoms. The number of nitrogens with two attached hydrogens (primary N) is 1. The fourth-order valence-electron chi connectivity index (χ4n) is 3.97. The van der Waals surface area contributed by atoms with Crippen molar-refractivity contribution in [3.05, 3.63) is 53.2 Å². The van der Waals surface area contributed by atoms with Crippen LogP contribution in [0.2, 0.25) is 0 Å². The van der Waals surface area contributed by atoms with Crippen LogP contribution in [-0.2, 0) is 12.6 Å². The van der Waals surface area contributed by atoms with Crippen LogP contribution in [0.4, 0.5) is 19.0 Å². The Morgan fingerprint density at radius 1 is 1.18 bits per heavy atom. The Morgan fingerprint density at radius 2 is 1.96 bits per heavy atom. The van der Waals surface area contributed by atoms with Gasteiger partial charge in [-0.15, -0.1) is 0 Å². The Labute approximate surface area is 160 Å². The van der Waals surface area contributed by atoms with Gasteiger partial charge in [0.2, 0.25) is 0 Å². The van der Waals surface area contributed by atoms with Gasteiger partial charge in [0.25, 0.3) is 0 Å². The zero-order valence-electron chi connectivity index (χ0n) is 15.3. The molecule has 4 rings (SSSR count). The number of halogens is 3. The molecular formula is C20H22F3N5. The maximum absolute atomic E-state index is 13.7. The van der Waals surface area contributed by atoms with E-state index >= 15 is 0 Å². The average Bonchev–Trinajstić information content (AvgIpc) is 3.07. The zero-order valence-corrected chi connectivity index (χ0v) is 15.3. The number of piperidine rings is 1. The zero-order chi connectivity index (χ0) is 19.7. The number of aromatic nitrogens is 3.